The number of thioether (sulfide) groups is 1. The van der Waals surface area contributed by atoms with Gasteiger partial charge in [-0.15, -0.1) is 11.8 Å². The van der Waals surface area contributed by atoms with Crippen LogP contribution < -0.4 is 11.1 Å². The molecule has 3 heteroatoms. The Morgan fingerprint density at radius 3 is 2.58 bits per heavy atom. The van der Waals surface area contributed by atoms with Gasteiger partial charge in [-0.05, 0) is 44.2 Å². The average Bonchev–Trinajstić information content (AvgIpc) is 3.04. The van der Waals surface area contributed by atoms with Gasteiger partial charge in [0.1, 0.15) is 0 Å². The molecular weight excluding hydrogens is 252 g/mol. The normalized spacial score (nSPS) is 27.8. The molecule has 0 radical (unpaired) electrons. The SMILES string of the molecule is NC1CCC(Nc2ccccc2SC2CCCC2)C1. The van der Waals surface area contributed by atoms with Crippen LogP contribution in [0, 0.1) is 0 Å². The molecule has 3 rings (SSSR count). The molecule has 0 amide bonds. The van der Waals surface area contributed by atoms with Crippen molar-refractivity contribution in [3.05, 3.63) is 24.3 Å². The molecule has 2 aliphatic carbocycles. The Balaban J connectivity index is 1.66. The Bertz CT molecular complexity index is 415. The third kappa shape index (κ3) is 3.46. The quantitative estimate of drug-likeness (QED) is 0.872. The van der Waals surface area contributed by atoms with Crippen LogP contribution >= 0.6 is 11.8 Å². The molecule has 2 fully saturated rings. The van der Waals surface area contributed by atoms with Crippen LogP contribution in [0.25, 0.3) is 0 Å². The standard InChI is InChI=1S/C16H24N2S/c17-12-9-10-13(11-12)18-15-7-3-4-8-16(15)19-14-5-1-2-6-14/h3-4,7-8,12-14,18H,1-2,5-6,9-11,17H2. The molecule has 19 heavy (non-hydrogen) atoms. The van der Waals surface area contributed by atoms with E-state index in [4.69, 9.17) is 5.73 Å². The highest BCUT2D eigenvalue weighted by molar-refractivity contribution is 8.00. The highest BCUT2D eigenvalue weighted by Gasteiger charge is 2.23. The van der Waals surface area contributed by atoms with Crippen molar-refractivity contribution in [3.8, 4) is 0 Å². The second-order valence-corrected chi connectivity index (χ2v) is 7.28. The maximum atomic E-state index is 6.00. The van der Waals surface area contributed by atoms with E-state index < -0.39 is 0 Å². The molecule has 3 N–H and O–H groups in total. The summed E-state index contributed by atoms with van der Waals surface area (Å²) in [5, 5.41) is 4.54. The summed E-state index contributed by atoms with van der Waals surface area (Å²) in [4.78, 5) is 1.43. The predicted molar refractivity (Wildman–Crippen MR) is 83.8 cm³/mol. The summed E-state index contributed by atoms with van der Waals surface area (Å²) in [7, 11) is 0. The minimum Gasteiger partial charge on any atom is -0.381 e. The first-order valence-electron chi connectivity index (χ1n) is 7.59. The van der Waals surface area contributed by atoms with E-state index in [0.717, 1.165) is 18.1 Å². The fourth-order valence-corrected chi connectivity index (χ4v) is 4.58. The lowest BCUT2D eigenvalue weighted by molar-refractivity contribution is 0.687. The molecule has 0 saturated heterocycles. The molecule has 1 aromatic carbocycles. The minimum absolute atomic E-state index is 0.396. The Labute approximate surface area is 120 Å². The molecule has 0 aliphatic heterocycles. The lowest BCUT2D eigenvalue weighted by atomic mass is 10.2. The molecule has 2 unspecified atom stereocenters. The minimum atomic E-state index is 0.396. The second kappa shape index (κ2) is 6.19. The van der Waals surface area contributed by atoms with Crippen LogP contribution in [-0.4, -0.2) is 17.3 Å². The summed E-state index contributed by atoms with van der Waals surface area (Å²) >= 11 is 2.07. The third-order valence-corrected chi connectivity index (χ3v) is 5.73. The summed E-state index contributed by atoms with van der Waals surface area (Å²) < 4.78 is 0. The van der Waals surface area contributed by atoms with Crippen LogP contribution in [-0.2, 0) is 0 Å². The fourth-order valence-electron chi connectivity index (χ4n) is 3.24. The van der Waals surface area contributed by atoms with Crippen LogP contribution in [0.15, 0.2) is 29.2 Å². The number of nitrogens with one attached hydrogen (secondary N) is 1. The molecular formula is C16H24N2S. The van der Waals surface area contributed by atoms with Gasteiger partial charge in [-0.3, -0.25) is 0 Å². The van der Waals surface area contributed by atoms with Crippen molar-refractivity contribution >= 4 is 17.4 Å². The van der Waals surface area contributed by atoms with E-state index in [1.54, 1.807) is 0 Å². The van der Waals surface area contributed by atoms with Gasteiger partial charge in [0.2, 0.25) is 0 Å². The van der Waals surface area contributed by atoms with E-state index >= 15 is 0 Å². The maximum Gasteiger partial charge on any atom is 0.0480 e. The van der Waals surface area contributed by atoms with Crippen molar-refractivity contribution < 1.29 is 0 Å². The monoisotopic (exact) mass is 276 g/mol. The van der Waals surface area contributed by atoms with Crippen molar-refractivity contribution in [2.75, 3.05) is 5.32 Å². The first kappa shape index (κ1) is 13.3. The molecule has 2 nitrogen and oxygen atoms in total. The number of hydrogen-bond donors (Lipinski definition) is 2. The van der Waals surface area contributed by atoms with Crippen molar-refractivity contribution in [3.63, 3.8) is 0 Å². The highest BCUT2D eigenvalue weighted by atomic mass is 32.2. The van der Waals surface area contributed by atoms with Gasteiger partial charge in [-0.1, -0.05) is 25.0 Å². The Hall–Kier alpha value is -0.670. The topological polar surface area (TPSA) is 38.0 Å². The molecule has 2 saturated carbocycles. The smallest absolute Gasteiger partial charge is 0.0480 e. The summed E-state index contributed by atoms with van der Waals surface area (Å²) in [6.07, 6.45) is 9.07. The van der Waals surface area contributed by atoms with E-state index in [-0.39, 0.29) is 0 Å². The van der Waals surface area contributed by atoms with Gasteiger partial charge in [0.05, 0.1) is 0 Å². The van der Waals surface area contributed by atoms with Crippen LogP contribution in [0.4, 0.5) is 5.69 Å². The average molecular weight is 276 g/mol. The van der Waals surface area contributed by atoms with Crippen molar-refractivity contribution in [2.24, 2.45) is 5.73 Å². The molecule has 0 bridgehead atoms. The molecule has 2 aliphatic rings. The fraction of sp³-hybridized carbons (Fsp3) is 0.625. The lowest BCUT2D eigenvalue weighted by Gasteiger charge is -2.18. The summed E-state index contributed by atoms with van der Waals surface area (Å²) in [5.41, 5.74) is 7.32. The van der Waals surface area contributed by atoms with Crippen LogP contribution in [0.1, 0.15) is 44.9 Å². The van der Waals surface area contributed by atoms with Gasteiger partial charge in [0, 0.05) is 27.9 Å². The molecule has 0 spiro atoms. The van der Waals surface area contributed by atoms with Gasteiger partial charge < -0.3 is 11.1 Å². The summed E-state index contributed by atoms with van der Waals surface area (Å²) in [6.45, 7) is 0. The van der Waals surface area contributed by atoms with Gasteiger partial charge >= 0.3 is 0 Å². The van der Waals surface area contributed by atoms with E-state index in [2.05, 4.69) is 41.3 Å². The van der Waals surface area contributed by atoms with Crippen molar-refractivity contribution in [2.45, 2.75) is 67.2 Å². The Morgan fingerprint density at radius 2 is 1.84 bits per heavy atom. The van der Waals surface area contributed by atoms with Crippen LogP contribution in [0.2, 0.25) is 0 Å². The van der Waals surface area contributed by atoms with Crippen molar-refractivity contribution in [1.82, 2.24) is 0 Å². The first-order chi connectivity index (χ1) is 9.31. The maximum absolute atomic E-state index is 6.00. The molecule has 104 valence electrons. The Morgan fingerprint density at radius 1 is 1.05 bits per heavy atom. The lowest BCUT2D eigenvalue weighted by Crippen LogP contribution is -2.21. The number of hydrogen-bond acceptors (Lipinski definition) is 3. The summed E-state index contributed by atoms with van der Waals surface area (Å²) in [6, 6.07) is 9.74. The van der Waals surface area contributed by atoms with Gasteiger partial charge in [-0.25, -0.2) is 0 Å². The second-order valence-electron chi connectivity index (χ2n) is 5.93. The zero-order valence-electron chi connectivity index (χ0n) is 11.5. The number of para-hydroxylation sites is 1. The van der Waals surface area contributed by atoms with Crippen LogP contribution in [0.3, 0.4) is 0 Å². The van der Waals surface area contributed by atoms with E-state index in [0.29, 0.717) is 12.1 Å². The number of nitrogens with two attached hydrogens (primary N) is 1. The molecule has 2 atom stereocenters. The molecule has 0 aromatic heterocycles. The summed E-state index contributed by atoms with van der Waals surface area (Å²) in [5.74, 6) is 0. The van der Waals surface area contributed by atoms with Crippen molar-refractivity contribution in [1.29, 1.82) is 0 Å². The van der Waals surface area contributed by atoms with E-state index in [1.165, 1.54) is 42.7 Å². The van der Waals surface area contributed by atoms with E-state index in [9.17, 15) is 0 Å². The largest absolute Gasteiger partial charge is 0.381 e. The van der Waals surface area contributed by atoms with E-state index in [1.807, 2.05) is 0 Å². The third-order valence-electron chi connectivity index (χ3n) is 4.32. The molecule has 0 heterocycles. The van der Waals surface area contributed by atoms with Gasteiger partial charge in [0.25, 0.3) is 0 Å². The number of anilines is 1. The Kier molecular flexibility index (Phi) is 4.34. The zero-order chi connectivity index (χ0) is 13.1. The number of benzene rings is 1. The highest BCUT2D eigenvalue weighted by Crippen LogP contribution is 2.38. The first-order valence-corrected chi connectivity index (χ1v) is 8.47. The number of rotatable bonds is 4. The van der Waals surface area contributed by atoms with Crippen LogP contribution in [0.5, 0.6) is 0 Å². The van der Waals surface area contributed by atoms with Gasteiger partial charge in [0.15, 0.2) is 0 Å². The predicted octanol–water partition coefficient (Wildman–Crippen LogP) is 4.01. The zero-order valence-corrected chi connectivity index (χ0v) is 12.3. The van der Waals surface area contributed by atoms with Gasteiger partial charge in [-0.2, -0.15) is 0 Å². The molecule has 1 aromatic rings.